The van der Waals surface area contributed by atoms with E-state index < -0.39 is 11.7 Å². The average Bonchev–Trinajstić information content (AvgIpc) is 2.94. The molecule has 36 heavy (non-hydrogen) atoms. The monoisotopic (exact) mass is 487 g/mol. The predicted octanol–water partition coefficient (Wildman–Crippen LogP) is 2.80. The summed E-state index contributed by atoms with van der Waals surface area (Å²) in [6.45, 7) is 2.04. The number of hydrogen-bond acceptors (Lipinski definition) is 10. The molecule has 0 bridgehead atoms. The molecule has 12 heteroatoms. The highest BCUT2D eigenvalue weighted by Crippen LogP contribution is 2.22. The van der Waals surface area contributed by atoms with Crippen LogP contribution in [0.5, 0.6) is 0 Å². The van der Waals surface area contributed by atoms with Gasteiger partial charge >= 0.3 is 0 Å². The van der Waals surface area contributed by atoms with Crippen LogP contribution in [0.3, 0.4) is 0 Å². The van der Waals surface area contributed by atoms with E-state index in [1.54, 1.807) is 35.6 Å². The van der Waals surface area contributed by atoms with E-state index in [2.05, 4.69) is 41.1 Å². The number of ether oxygens (including phenoxy) is 1. The molecule has 1 aliphatic heterocycles. The van der Waals surface area contributed by atoms with Gasteiger partial charge in [0.15, 0.2) is 11.6 Å². The molecule has 0 atom stereocenters. The molecule has 0 aliphatic carbocycles. The van der Waals surface area contributed by atoms with Gasteiger partial charge in [-0.1, -0.05) is 12.1 Å². The maximum atomic E-state index is 14.2. The second kappa shape index (κ2) is 10.7. The molecule has 0 unspecified atom stereocenters. The zero-order valence-electron chi connectivity index (χ0n) is 19.1. The number of carbonyl (C=O) groups excluding carboxylic acids is 1. The van der Waals surface area contributed by atoms with Crippen LogP contribution in [0.1, 0.15) is 10.5 Å². The van der Waals surface area contributed by atoms with Crippen molar-refractivity contribution in [2.75, 3.05) is 41.9 Å². The Kier molecular flexibility index (Phi) is 6.85. The Labute approximate surface area is 205 Å². The summed E-state index contributed by atoms with van der Waals surface area (Å²) in [5, 5.41) is 3.24. The number of rotatable bonds is 7. The molecular formula is C24H22FN9O2. The normalized spacial score (nSPS) is 13.2. The average molecular weight is 487 g/mol. The van der Waals surface area contributed by atoms with Gasteiger partial charge in [-0.05, 0) is 29.8 Å². The van der Waals surface area contributed by atoms with Crippen molar-refractivity contribution in [3.8, 4) is 11.1 Å². The SMILES string of the molecule is O=C(NNc1ncc(F)c(N2CCOCC2)n1)c1ccc(Nc2ccc(-c3cncnc3)cc2)cn1. The number of amides is 1. The van der Waals surface area contributed by atoms with Crippen molar-refractivity contribution in [2.24, 2.45) is 0 Å². The molecule has 4 aromatic rings. The van der Waals surface area contributed by atoms with Crippen LogP contribution < -0.4 is 21.1 Å². The van der Waals surface area contributed by atoms with Crippen LogP contribution in [0.2, 0.25) is 0 Å². The van der Waals surface area contributed by atoms with E-state index in [4.69, 9.17) is 4.74 Å². The van der Waals surface area contributed by atoms with Gasteiger partial charge in [0, 0.05) is 36.7 Å². The fourth-order valence-corrected chi connectivity index (χ4v) is 3.55. The predicted molar refractivity (Wildman–Crippen MR) is 131 cm³/mol. The Morgan fingerprint density at radius 3 is 2.36 bits per heavy atom. The zero-order valence-corrected chi connectivity index (χ0v) is 19.1. The second-order valence-electron chi connectivity index (χ2n) is 7.81. The lowest BCUT2D eigenvalue weighted by atomic mass is 10.1. The number of hydrogen-bond donors (Lipinski definition) is 3. The molecule has 1 aliphatic rings. The van der Waals surface area contributed by atoms with Crippen molar-refractivity contribution >= 4 is 29.0 Å². The first-order chi connectivity index (χ1) is 17.7. The first-order valence-corrected chi connectivity index (χ1v) is 11.2. The van der Waals surface area contributed by atoms with Gasteiger partial charge in [-0.15, -0.1) is 0 Å². The first kappa shape index (κ1) is 23.1. The fourth-order valence-electron chi connectivity index (χ4n) is 3.55. The first-order valence-electron chi connectivity index (χ1n) is 11.2. The van der Waals surface area contributed by atoms with E-state index in [1.807, 2.05) is 24.3 Å². The van der Waals surface area contributed by atoms with Crippen LogP contribution in [0.15, 0.2) is 67.5 Å². The highest BCUT2D eigenvalue weighted by Gasteiger charge is 2.18. The molecule has 5 rings (SSSR count). The minimum absolute atomic E-state index is 0.0649. The van der Waals surface area contributed by atoms with Crippen molar-refractivity contribution < 1.29 is 13.9 Å². The van der Waals surface area contributed by atoms with Crippen molar-refractivity contribution in [2.45, 2.75) is 0 Å². The largest absolute Gasteiger partial charge is 0.378 e. The highest BCUT2D eigenvalue weighted by molar-refractivity contribution is 5.93. The summed E-state index contributed by atoms with van der Waals surface area (Å²) < 4.78 is 19.5. The van der Waals surface area contributed by atoms with E-state index in [0.717, 1.165) is 23.0 Å². The number of anilines is 4. The number of nitrogens with one attached hydrogen (secondary N) is 3. The molecule has 0 saturated carbocycles. The number of carbonyl (C=O) groups is 1. The number of aromatic nitrogens is 5. The highest BCUT2D eigenvalue weighted by atomic mass is 19.1. The summed E-state index contributed by atoms with van der Waals surface area (Å²) in [6.07, 6.45) is 7.61. The summed E-state index contributed by atoms with van der Waals surface area (Å²) >= 11 is 0. The van der Waals surface area contributed by atoms with Crippen LogP contribution in [0, 0.1) is 5.82 Å². The molecule has 1 amide bonds. The lowest BCUT2D eigenvalue weighted by Crippen LogP contribution is -2.38. The molecule has 0 radical (unpaired) electrons. The molecule has 3 aromatic heterocycles. The van der Waals surface area contributed by atoms with Gasteiger partial charge in [-0.3, -0.25) is 15.6 Å². The number of benzene rings is 1. The van der Waals surface area contributed by atoms with E-state index in [-0.39, 0.29) is 17.5 Å². The minimum Gasteiger partial charge on any atom is -0.378 e. The fraction of sp³-hybridized carbons (Fsp3) is 0.167. The van der Waals surface area contributed by atoms with Gasteiger partial charge in [-0.25, -0.2) is 24.3 Å². The number of hydrazine groups is 1. The lowest BCUT2D eigenvalue weighted by molar-refractivity contribution is 0.0957. The quantitative estimate of drug-likeness (QED) is 0.335. The van der Waals surface area contributed by atoms with E-state index in [9.17, 15) is 9.18 Å². The Bertz CT molecular complexity index is 1320. The number of nitrogens with zero attached hydrogens (tertiary/aromatic N) is 6. The summed E-state index contributed by atoms with van der Waals surface area (Å²) in [5.41, 5.74) is 8.78. The second-order valence-corrected chi connectivity index (χ2v) is 7.81. The maximum Gasteiger partial charge on any atom is 0.288 e. The Morgan fingerprint density at radius 1 is 0.889 bits per heavy atom. The number of halogens is 1. The summed E-state index contributed by atoms with van der Waals surface area (Å²) in [7, 11) is 0. The van der Waals surface area contributed by atoms with E-state index in [0.29, 0.717) is 32.0 Å². The van der Waals surface area contributed by atoms with E-state index in [1.165, 1.54) is 6.33 Å². The van der Waals surface area contributed by atoms with Crippen LogP contribution in [0.25, 0.3) is 11.1 Å². The van der Waals surface area contributed by atoms with Crippen molar-refractivity contribution in [3.63, 3.8) is 0 Å². The molecule has 0 spiro atoms. The molecular weight excluding hydrogens is 465 g/mol. The molecule has 3 N–H and O–H groups in total. The van der Waals surface area contributed by atoms with Gasteiger partial charge in [0.05, 0.1) is 31.3 Å². The number of pyridine rings is 1. The van der Waals surface area contributed by atoms with Crippen LogP contribution in [-0.2, 0) is 4.74 Å². The standard InChI is InChI=1S/C24H22FN9O2/c25-20-14-29-24(31-22(20)34-7-9-36-10-8-34)33-32-23(35)21-6-5-19(13-28-21)30-18-3-1-16(2-4-18)17-11-26-15-27-12-17/h1-6,11-15,30H,7-10H2,(H,32,35)(H,29,31,33). The molecule has 4 heterocycles. The van der Waals surface area contributed by atoms with Crippen LogP contribution >= 0.6 is 0 Å². The summed E-state index contributed by atoms with van der Waals surface area (Å²) in [6, 6.07) is 11.1. The maximum absolute atomic E-state index is 14.2. The smallest absolute Gasteiger partial charge is 0.288 e. The van der Waals surface area contributed by atoms with Gasteiger partial charge in [0.2, 0.25) is 5.95 Å². The topological polar surface area (TPSA) is 130 Å². The van der Waals surface area contributed by atoms with Gasteiger partial charge < -0.3 is 15.0 Å². The van der Waals surface area contributed by atoms with E-state index >= 15 is 0 Å². The minimum atomic E-state index is -0.540. The molecule has 11 nitrogen and oxygen atoms in total. The van der Waals surface area contributed by atoms with Crippen LogP contribution in [0.4, 0.5) is 27.5 Å². The van der Waals surface area contributed by atoms with Crippen molar-refractivity contribution in [3.05, 3.63) is 79.0 Å². The van der Waals surface area contributed by atoms with Gasteiger partial charge in [0.25, 0.3) is 5.91 Å². The van der Waals surface area contributed by atoms with Crippen LogP contribution in [-0.4, -0.2) is 57.1 Å². The molecule has 182 valence electrons. The Balaban J connectivity index is 1.17. The van der Waals surface area contributed by atoms with Gasteiger partial charge in [0.1, 0.15) is 12.0 Å². The third-order valence-corrected chi connectivity index (χ3v) is 5.39. The Morgan fingerprint density at radius 2 is 1.64 bits per heavy atom. The molecule has 1 aromatic carbocycles. The molecule has 1 fully saturated rings. The third-order valence-electron chi connectivity index (χ3n) is 5.39. The summed E-state index contributed by atoms with van der Waals surface area (Å²) in [5.74, 6) is -0.808. The lowest BCUT2D eigenvalue weighted by Gasteiger charge is -2.28. The molecule has 1 saturated heterocycles. The summed E-state index contributed by atoms with van der Waals surface area (Å²) in [4.78, 5) is 34.6. The zero-order chi connectivity index (χ0) is 24.7. The van der Waals surface area contributed by atoms with Crippen molar-refractivity contribution in [1.29, 1.82) is 0 Å². The van der Waals surface area contributed by atoms with Gasteiger partial charge in [-0.2, -0.15) is 4.98 Å². The van der Waals surface area contributed by atoms with Crippen molar-refractivity contribution in [1.82, 2.24) is 30.3 Å². The third kappa shape index (κ3) is 5.50. The Hall–Kier alpha value is -4.71. The number of morpholine rings is 1.